The second-order valence-electron chi connectivity index (χ2n) is 8.36. The maximum Gasteiger partial charge on any atom is 0.317 e. The molecule has 0 radical (unpaired) electrons. The third-order valence-electron chi connectivity index (χ3n) is 6.28. The quantitative estimate of drug-likeness (QED) is 0.689. The Hall–Kier alpha value is -3.50. The lowest BCUT2D eigenvalue weighted by molar-refractivity contribution is -0.159. The summed E-state index contributed by atoms with van der Waals surface area (Å²) in [4.78, 5) is 28.4. The molecule has 0 saturated carbocycles. The van der Waals surface area contributed by atoms with E-state index in [1.165, 1.54) is 0 Å². The van der Waals surface area contributed by atoms with Crippen molar-refractivity contribution in [1.82, 2.24) is 15.1 Å². The van der Waals surface area contributed by atoms with E-state index in [2.05, 4.69) is 17.2 Å². The van der Waals surface area contributed by atoms with Crippen molar-refractivity contribution < 1.29 is 19.4 Å². The summed E-state index contributed by atoms with van der Waals surface area (Å²) in [6.07, 6.45) is 0.839. The molecule has 2 saturated heterocycles. The van der Waals surface area contributed by atoms with Crippen LogP contribution in [-0.2, 0) is 4.79 Å². The molecule has 0 aromatic heterocycles. The Labute approximate surface area is 194 Å². The number of benzene rings is 2. The van der Waals surface area contributed by atoms with Crippen LogP contribution in [0.4, 0.5) is 4.79 Å². The third kappa shape index (κ3) is 4.67. The zero-order valence-corrected chi connectivity index (χ0v) is 19.0. The number of carbonyl (C=O) groups excluding carboxylic acids is 2. The molecular weight excluding hydrogens is 418 g/mol. The molecule has 0 spiro atoms. The van der Waals surface area contributed by atoms with Crippen LogP contribution in [0.2, 0.25) is 0 Å². The topological polar surface area (TPSA) is 82.1 Å². The third-order valence-corrected chi connectivity index (χ3v) is 6.28. The van der Waals surface area contributed by atoms with E-state index < -0.39 is 0 Å². The van der Waals surface area contributed by atoms with Crippen LogP contribution in [0.3, 0.4) is 0 Å². The molecule has 2 fully saturated rings. The number of urea groups is 1. The van der Waals surface area contributed by atoms with Gasteiger partial charge in [-0.3, -0.25) is 4.79 Å². The summed E-state index contributed by atoms with van der Waals surface area (Å²) in [5.74, 6) is 6.93. The average molecular weight is 448 g/mol. The highest BCUT2D eigenvalue weighted by Crippen LogP contribution is 2.42. The fourth-order valence-corrected chi connectivity index (χ4v) is 4.63. The fraction of sp³-hybridized carbons (Fsp3) is 0.385. The van der Waals surface area contributed by atoms with Crippen molar-refractivity contribution in [2.75, 3.05) is 33.4 Å². The van der Waals surface area contributed by atoms with E-state index in [4.69, 9.17) is 4.74 Å². The number of rotatable bonds is 5. The largest absolute Gasteiger partial charge is 0.497 e. The lowest BCUT2D eigenvalue weighted by Gasteiger charge is -2.58. The van der Waals surface area contributed by atoms with Crippen LogP contribution in [0.5, 0.6) is 5.75 Å². The predicted octanol–water partition coefficient (Wildman–Crippen LogP) is 2.19. The molecule has 3 atom stereocenters. The van der Waals surface area contributed by atoms with E-state index in [-0.39, 0.29) is 43.1 Å². The van der Waals surface area contributed by atoms with Gasteiger partial charge in [-0.05, 0) is 42.3 Å². The SMILES string of the molecule is CCCNC(=O)N1CC(=O)N2[C@H](CO)[C@H](c3ccc(C#Cc4cccc(OC)c4)cc3)[C@@H]2C1. The van der Waals surface area contributed by atoms with E-state index in [9.17, 15) is 14.7 Å². The van der Waals surface area contributed by atoms with Crippen molar-refractivity contribution in [3.8, 4) is 17.6 Å². The van der Waals surface area contributed by atoms with Gasteiger partial charge in [-0.1, -0.05) is 37.0 Å². The van der Waals surface area contributed by atoms with Gasteiger partial charge < -0.3 is 25.0 Å². The van der Waals surface area contributed by atoms with Gasteiger partial charge in [0.25, 0.3) is 0 Å². The van der Waals surface area contributed by atoms with Crippen molar-refractivity contribution in [2.45, 2.75) is 31.3 Å². The number of piperazine rings is 1. The zero-order valence-electron chi connectivity index (χ0n) is 19.0. The van der Waals surface area contributed by atoms with Crippen molar-refractivity contribution in [3.05, 3.63) is 65.2 Å². The molecule has 3 amide bonds. The average Bonchev–Trinajstić information content (AvgIpc) is 2.83. The van der Waals surface area contributed by atoms with E-state index in [0.29, 0.717) is 13.1 Å². The molecule has 7 heteroatoms. The molecule has 2 aliphatic rings. The molecule has 4 rings (SSSR count). The minimum Gasteiger partial charge on any atom is -0.497 e. The van der Waals surface area contributed by atoms with Crippen LogP contribution in [0.1, 0.15) is 36.0 Å². The van der Waals surface area contributed by atoms with Gasteiger partial charge >= 0.3 is 6.03 Å². The minimum atomic E-state index is -0.267. The summed E-state index contributed by atoms with van der Waals surface area (Å²) < 4.78 is 5.24. The lowest BCUT2D eigenvalue weighted by Crippen LogP contribution is -2.73. The van der Waals surface area contributed by atoms with Crippen molar-refractivity contribution in [2.24, 2.45) is 0 Å². The summed E-state index contributed by atoms with van der Waals surface area (Å²) in [7, 11) is 1.63. The van der Waals surface area contributed by atoms with Crippen LogP contribution < -0.4 is 10.1 Å². The van der Waals surface area contributed by atoms with E-state index in [1.807, 2.05) is 55.5 Å². The van der Waals surface area contributed by atoms with Crippen molar-refractivity contribution in [3.63, 3.8) is 0 Å². The van der Waals surface area contributed by atoms with Crippen LogP contribution in [0, 0.1) is 11.8 Å². The highest BCUT2D eigenvalue weighted by atomic mass is 16.5. The molecule has 2 aromatic rings. The fourth-order valence-electron chi connectivity index (χ4n) is 4.63. The second kappa shape index (κ2) is 9.97. The Bertz CT molecular complexity index is 1070. The first kappa shape index (κ1) is 22.7. The summed E-state index contributed by atoms with van der Waals surface area (Å²) >= 11 is 0. The molecule has 33 heavy (non-hydrogen) atoms. The highest BCUT2D eigenvalue weighted by molar-refractivity contribution is 5.87. The van der Waals surface area contributed by atoms with Crippen LogP contribution in [0.15, 0.2) is 48.5 Å². The second-order valence-corrected chi connectivity index (χ2v) is 8.36. The molecule has 2 heterocycles. The molecule has 2 N–H and O–H groups in total. The van der Waals surface area contributed by atoms with Gasteiger partial charge in [-0.25, -0.2) is 4.79 Å². The van der Waals surface area contributed by atoms with Crippen LogP contribution in [-0.4, -0.2) is 72.3 Å². The van der Waals surface area contributed by atoms with Gasteiger partial charge in [-0.2, -0.15) is 0 Å². The summed E-state index contributed by atoms with van der Waals surface area (Å²) in [6.45, 7) is 2.97. The number of hydrogen-bond donors (Lipinski definition) is 2. The van der Waals surface area contributed by atoms with Gasteiger partial charge in [0, 0.05) is 30.1 Å². The molecule has 0 aliphatic carbocycles. The standard InChI is InChI=1S/C26H29N3O4/c1-3-13-27-26(32)28-15-22-25(23(17-30)29(22)24(31)16-28)20-11-9-18(10-12-20)7-8-19-5-4-6-21(14-19)33-2/h4-6,9-12,14,22-23,25,30H,3,13,15-17H2,1-2H3,(H,27,32)/t22-,23+,25+/m0/s1. The Morgan fingerprint density at radius 3 is 2.64 bits per heavy atom. The number of ether oxygens (including phenoxy) is 1. The number of hydrogen-bond acceptors (Lipinski definition) is 4. The number of fused-ring (bicyclic) bond motifs is 1. The first-order chi connectivity index (χ1) is 16.0. The van der Waals surface area contributed by atoms with Gasteiger partial charge in [0.2, 0.25) is 5.91 Å². The van der Waals surface area contributed by atoms with Gasteiger partial charge in [0.05, 0.1) is 25.8 Å². The summed E-state index contributed by atoms with van der Waals surface area (Å²) in [5, 5.41) is 12.8. The Morgan fingerprint density at radius 1 is 1.18 bits per heavy atom. The van der Waals surface area contributed by atoms with Crippen LogP contribution >= 0.6 is 0 Å². The van der Waals surface area contributed by atoms with Gasteiger partial charge in [-0.15, -0.1) is 0 Å². The Kier molecular flexibility index (Phi) is 6.85. The number of aliphatic hydroxyl groups excluding tert-OH is 1. The monoisotopic (exact) mass is 447 g/mol. The maximum absolute atomic E-state index is 12.7. The van der Waals surface area contributed by atoms with Gasteiger partial charge in [0.1, 0.15) is 12.3 Å². The molecular formula is C26H29N3O4. The maximum atomic E-state index is 12.7. The number of methoxy groups -OCH3 is 1. The van der Waals surface area contributed by atoms with Crippen molar-refractivity contribution >= 4 is 11.9 Å². The molecule has 7 nitrogen and oxygen atoms in total. The highest BCUT2D eigenvalue weighted by Gasteiger charge is 2.54. The lowest BCUT2D eigenvalue weighted by atomic mass is 9.73. The smallest absolute Gasteiger partial charge is 0.317 e. The zero-order chi connectivity index (χ0) is 23.4. The summed E-state index contributed by atoms with van der Waals surface area (Å²) in [5.41, 5.74) is 2.78. The van der Waals surface area contributed by atoms with Gasteiger partial charge in [0.15, 0.2) is 0 Å². The predicted molar refractivity (Wildman–Crippen MR) is 125 cm³/mol. The number of nitrogens with one attached hydrogen (secondary N) is 1. The van der Waals surface area contributed by atoms with Crippen LogP contribution in [0.25, 0.3) is 0 Å². The normalized spacial score (nSPS) is 21.4. The number of nitrogens with zero attached hydrogens (tertiary/aromatic N) is 2. The number of carbonyl (C=O) groups is 2. The number of aliphatic hydroxyl groups is 1. The first-order valence-electron chi connectivity index (χ1n) is 11.3. The first-order valence-corrected chi connectivity index (χ1v) is 11.3. The minimum absolute atomic E-state index is 0.0267. The molecule has 0 unspecified atom stereocenters. The molecule has 172 valence electrons. The Morgan fingerprint density at radius 2 is 1.94 bits per heavy atom. The summed E-state index contributed by atoms with van der Waals surface area (Å²) in [6, 6.07) is 14.9. The van der Waals surface area contributed by atoms with E-state index >= 15 is 0 Å². The Balaban J connectivity index is 1.49. The van der Waals surface area contributed by atoms with E-state index in [1.54, 1.807) is 16.9 Å². The van der Waals surface area contributed by atoms with Crippen molar-refractivity contribution in [1.29, 1.82) is 0 Å². The molecule has 2 aromatic carbocycles. The number of amides is 3. The van der Waals surface area contributed by atoms with E-state index in [0.717, 1.165) is 28.9 Å². The molecule has 2 aliphatic heterocycles. The molecule has 0 bridgehead atoms.